The molecule has 0 saturated carbocycles. The maximum atomic E-state index is 10.7. The molecule has 0 radical (unpaired) electrons. The van der Waals surface area contributed by atoms with Crippen LogP contribution in [0.4, 0.5) is 5.69 Å². The number of hydrogen-bond donors (Lipinski definition) is 1. The van der Waals surface area contributed by atoms with Gasteiger partial charge in [-0.05, 0) is 18.9 Å². The number of nitro groups is 1. The van der Waals surface area contributed by atoms with E-state index in [4.69, 9.17) is 4.99 Å². The first-order valence-electron chi connectivity index (χ1n) is 8.02. The Hall–Kier alpha value is -1.03. The first-order valence-corrected chi connectivity index (χ1v) is 9.07. The summed E-state index contributed by atoms with van der Waals surface area (Å²) in [5, 5.41) is 14.7. The van der Waals surface area contributed by atoms with Gasteiger partial charge in [-0.2, -0.15) is 11.8 Å². The van der Waals surface area contributed by atoms with Crippen molar-refractivity contribution in [2.75, 3.05) is 25.4 Å². The monoisotopic (exact) mass is 464 g/mol. The minimum absolute atomic E-state index is 0. The summed E-state index contributed by atoms with van der Waals surface area (Å²) in [6, 6.07) is 6.60. The lowest BCUT2D eigenvalue weighted by Crippen LogP contribution is -2.48. The lowest BCUT2D eigenvalue weighted by atomic mass is 10.2. The van der Waals surface area contributed by atoms with Crippen LogP contribution in [0.25, 0.3) is 0 Å². The fourth-order valence-corrected chi connectivity index (χ4v) is 3.65. The summed E-state index contributed by atoms with van der Waals surface area (Å²) in [6.07, 6.45) is 1.17. The van der Waals surface area contributed by atoms with Crippen LogP contribution in [-0.2, 0) is 6.54 Å². The van der Waals surface area contributed by atoms with Crippen LogP contribution in [0.15, 0.2) is 29.3 Å². The van der Waals surface area contributed by atoms with Crippen molar-refractivity contribution in [2.45, 2.75) is 32.1 Å². The van der Waals surface area contributed by atoms with Gasteiger partial charge in [0.2, 0.25) is 0 Å². The van der Waals surface area contributed by atoms with E-state index in [9.17, 15) is 10.1 Å². The minimum atomic E-state index is -0.382. The minimum Gasteiger partial charge on any atom is -0.357 e. The van der Waals surface area contributed by atoms with Crippen LogP contribution in [0, 0.1) is 10.1 Å². The number of nitrogens with zero attached hydrogens (tertiary/aromatic N) is 3. The third-order valence-electron chi connectivity index (χ3n) is 3.79. The van der Waals surface area contributed by atoms with Gasteiger partial charge >= 0.3 is 0 Å². The van der Waals surface area contributed by atoms with Gasteiger partial charge in [-0.1, -0.05) is 19.1 Å². The zero-order chi connectivity index (χ0) is 16.7. The van der Waals surface area contributed by atoms with Crippen LogP contribution in [0.1, 0.15) is 25.8 Å². The number of hydrogen-bond acceptors (Lipinski definition) is 4. The molecule has 0 amide bonds. The second-order valence-corrected chi connectivity index (χ2v) is 6.85. The van der Waals surface area contributed by atoms with Crippen molar-refractivity contribution in [3.63, 3.8) is 0 Å². The zero-order valence-corrected chi connectivity index (χ0v) is 17.3. The average molecular weight is 464 g/mol. The van der Waals surface area contributed by atoms with E-state index in [-0.39, 0.29) is 34.6 Å². The van der Waals surface area contributed by atoms with Crippen molar-refractivity contribution in [1.29, 1.82) is 0 Å². The Labute approximate surface area is 164 Å². The number of guanidine groups is 1. The molecule has 24 heavy (non-hydrogen) atoms. The molecule has 1 saturated heterocycles. The number of rotatable bonds is 5. The number of halogens is 1. The number of thioether (sulfide) groups is 1. The van der Waals surface area contributed by atoms with E-state index in [1.165, 1.54) is 18.6 Å². The van der Waals surface area contributed by atoms with Crippen molar-refractivity contribution >= 4 is 47.4 Å². The topological polar surface area (TPSA) is 70.8 Å². The van der Waals surface area contributed by atoms with Gasteiger partial charge in [0, 0.05) is 42.8 Å². The molecule has 1 atom stereocenters. The summed E-state index contributed by atoms with van der Waals surface area (Å²) in [4.78, 5) is 17.3. The van der Waals surface area contributed by atoms with Crippen molar-refractivity contribution in [2.24, 2.45) is 4.99 Å². The molecular formula is C16H25IN4O2S. The maximum Gasteiger partial charge on any atom is 0.269 e. The van der Waals surface area contributed by atoms with Crippen molar-refractivity contribution < 1.29 is 4.92 Å². The first kappa shape index (κ1) is 21.0. The van der Waals surface area contributed by atoms with Crippen molar-refractivity contribution in [1.82, 2.24) is 10.2 Å². The molecule has 2 rings (SSSR count). The highest BCUT2D eigenvalue weighted by Gasteiger charge is 2.21. The Bertz CT molecular complexity index is 554. The SMILES string of the molecule is CCNC(=NCc1ccc([N+](=O)[O-])cc1)N1CCSC(CC)C1.I. The van der Waals surface area contributed by atoms with E-state index >= 15 is 0 Å². The van der Waals surface area contributed by atoms with E-state index in [2.05, 4.69) is 24.1 Å². The van der Waals surface area contributed by atoms with Crippen molar-refractivity contribution in [3.8, 4) is 0 Å². The molecule has 1 aliphatic heterocycles. The van der Waals surface area contributed by atoms with Crippen LogP contribution in [0.3, 0.4) is 0 Å². The molecule has 0 spiro atoms. The number of nitro benzene ring substituents is 1. The van der Waals surface area contributed by atoms with Crippen LogP contribution < -0.4 is 5.32 Å². The Morgan fingerprint density at radius 2 is 2.12 bits per heavy atom. The predicted molar refractivity (Wildman–Crippen MR) is 111 cm³/mol. The molecule has 0 aromatic heterocycles. The fourth-order valence-electron chi connectivity index (χ4n) is 2.47. The molecule has 1 unspecified atom stereocenters. The van der Waals surface area contributed by atoms with Crippen LogP contribution >= 0.6 is 35.7 Å². The largest absolute Gasteiger partial charge is 0.357 e. The Kier molecular flexibility index (Phi) is 9.42. The third-order valence-corrected chi connectivity index (χ3v) is 5.16. The molecule has 0 bridgehead atoms. The van der Waals surface area contributed by atoms with Gasteiger partial charge < -0.3 is 10.2 Å². The molecule has 1 fully saturated rings. The van der Waals surface area contributed by atoms with Gasteiger partial charge in [0.15, 0.2) is 5.96 Å². The van der Waals surface area contributed by atoms with Gasteiger partial charge in [0.05, 0.1) is 11.5 Å². The quantitative estimate of drug-likeness (QED) is 0.238. The highest BCUT2D eigenvalue weighted by atomic mass is 127. The molecule has 1 N–H and O–H groups in total. The van der Waals surface area contributed by atoms with Gasteiger partial charge in [0.1, 0.15) is 0 Å². The molecule has 6 nitrogen and oxygen atoms in total. The van der Waals surface area contributed by atoms with Crippen molar-refractivity contribution in [3.05, 3.63) is 39.9 Å². The van der Waals surface area contributed by atoms with E-state index in [1.807, 2.05) is 11.8 Å². The van der Waals surface area contributed by atoms with Gasteiger partial charge in [-0.15, -0.1) is 24.0 Å². The molecule has 1 aliphatic rings. The summed E-state index contributed by atoms with van der Waals surface area (Å²) >= 11 is 2.03. The van der Waals surface area contributed by atoms with E-state index in [0.29, 0.717) is 11.8 Å². The molecular weight excluding hydrogens is 439 g/mol. The number of aliphatic imine (C=N–C) groups is 1. The smallest absolute Gasteiger partial charge is 0.269 e. The summed E-state index contributed by atoms with van der Waals surface area (Å²) in [7, 11) is 0. The second-order valence-electron chi connectivity index (χ2n) is 5.44. The fraction of sp³-hybridized carbons (Fsp3) is 0.562. The molecule has 134 valence electrons. The molecule has 1 aromatic carbocycles. The lowest BCUT2D eigenvalue weighted by Gasteiger charge is -2.34. The summed E-state index contributed by atoms with van der Waals surface area (Å²) in [6.45, 7) is 7.68. The van der Waals surface area contributed by atoms with E-state index in [1.54, 1.807) is 12.1 Å². The van der Waals surface area contributed by atoms with Gasteiger partial charge in [-0.3, -0.25) is 10.1 Å². The molecule has 1 aromatic rings. The average Bonchev–Trinajstić information content (AvgIpc) is 2.59. The second kappa shape index (κ2) is 10.8. The normalized spacial score (nSPS) is 18.0. The first-order chi connectivity index (χ1) is 11.1. The summed E-state index contributed by atoms with van der Waals surface area (Å²) < 4.78 is 0. The lowest BCUT2D eigenvalue weighted by molar-refractivity contribution is -0.384. The summed E-state index contributed by atoms with van der Waals surface area (Å²) in [5.74, 6) is 2.06. The highest BCUT2D eigenvalue weighted by Crippen LogP contribution is 2.21. The molecule has 8 heteroatoms. The number of nitrogens with one attached hydrogen (secondary N) is 1. The zero-order valence-electron chi connectivity index (χ0n) is 14.1. The van der Waals surface area contributed by atoms with Crippen LogP contribution in [0.5, 0.6) is 0 Å². The van der Waals surface area contributed by atoms with Crippen LogP contribution in [0.2, 0.25) is 0 Å². The standard InChI is InChI=1S/C16H24N4O2S.HI/c1-3-15-12-19(9-10-23-15)16(17-4-2)18-11-13-5-7-14(8-6-13)20(21)22;/h5-8,15H,3-4,9-12H2,1-2H3,(H,17,18);1H. The predicted octanol–water partition coefficient (Wildman–Crippen LogP) is 3.51. The van der Waals surface area contributed by atoms with Gasteiger partial charge in [0.25, 0.3) is 5.69 Å². The van der Waals surface area contributed by atoms with E-state index < -0.39 is 0 Å². The van der Waals surface area contributed by atoms with Crippen LogP contribution in [-0.4, -0.2) is 46.4 Å². The number of benzene rings is 1. The molecule has 0 aliphatic carbocycles. The third kappa shape index (κ3) is 6.12. The summed E-state index contributed by atoms with van der Waals surface area (Å²) in [5.41, 5.74) is 1.09. The Morgan fingerprint density at radius 3 is 2.71 bits per heavy atom. The maximum absolute atomic E-state index is 10.7. The molecule has 1 heterocycles. The highest BCUT2D eigenvalue weighted by molar-refractivity contribution is 14.0. The Morgan fingerprint density at radius 1 is 1.42 bits per heavy atom. The Balaban J connectivity index is 0.00000288. The van der Waals surface area contributed by atoms with E-state index in [0.717, 1.165) is 36.9 Å². The van der Waals surface area contributed by atoms with Gasteiger partial charge in [-0.25, -0.2) is 4.99 Å². The number of non-ortho nitro benzene ring substituents is 1.